The van der Waals surface area contributed by atoms with E-state index in [1.165, 1.54) is 0 Å². The molecule has 0 bridgehead atoms. The summed E-state index contributed by atoms with van der Waals surface area (Å²) < 4.78 is 120. The van der Waals surface area contributed by atoms with E-state index in [0.29, 0.717) is 11.1 Å². The average molecular weight is 600 g/mol. The highest BCUT2D eigenvalue weighted by Gasteiger charge is 2.17. The minimum atomic E-state index is -0.615. The van der Waals surface area contributed by atoms with Crippen LogP contribution in [0.5, 0.6) is 0 Å². The van der Waals surface area contributed by atoms with Gasteiger partial charge in [-0.1, -0.05) is 151 Å². The lowest BCUT2D eigenvalue weighted by molar-refractivity contribution is 0.669. The van der Waals surface area contributed by atoms with E-state index in [4.69, 9.17) is 19.5 Å². The van der Waals surface area contributed by atoms with Gasteiger partial charge in [-0.3, -0.25) is 0 Å². The molecule has 0 unspecified atom stereocenters. The van der Waals surface area contributed by atoms with Gasteiger partial charge in [0.25, 0.3) is 0 Å². The number of benzene rings is 8. The van der Waals surface area contributed by atoms with E-state index in [9.17, 15) is 2.74 Å². The fourth-order valence-electron chi connectivity index (χ4n) is 6.40. The number of rotatable bonds is 5. The SMILES string of the molecule is [2H]c1c([2H])c([2H])c(Cc2c3c([2H])c([2H])c([2H])c([2H])c3c(-c3ccc(-c4cccc5oc6cc(-c7ccccc7)ccc6c45)cc3)c3c([2H])c([2H])c([2H])c([2H])c23)c([2H])c1[2H]. The summed E-state index contributed by atoms with van der Waals surface area (Å²) >= 11 is 0. The van der Waals surface area contributed by atoms with E-state index in [1.54, 1.807) is 12.1 Å². The third-order valence-corrected chi connectivity index (χ3v) is 8.47. The maximum absolute atomic E-state index is 9.21. The molecule has 1 nitrogen and oxygen atoms in total. The van der Waals surface area contributed by atoms with Crippen LogP contribution in [0.3, 0.4) is 0 Å². The Morgan fingerprint density at radius 3 is 1.80 bits per heavy atom. The molecule has 9 aromatic rings. The Morgan fingerprint density at radius 2 is 1.09 bits per heavy atom. The molecule has 9 rings (SSSR count). The molecule has 216 valence electrons. The molecule has 0 fully saturated rings. The number of hydrogen-bond donors (Lipinski definition) is 0. The summed E-state index contributed by atoms with van der Waals surface area (Å²) in [6.45, 7) is 0. The van der Waals surface area contributed by atoms with Crippen molar-refractivity contribution in [2.24, 2.45) is 0 Å². The van der Waals surface area contributed by atoms with Crippen LogP contribution in [0.25, 0.3) is 76.9 Å². The molecule has 46 heavy (non-hydrogen) atoms. The Morgan fingerprint density at radius 1 is 0.457 bits per heavy atom. The molecule has 0 aliphatic carbocycles. The topological polar surface area (TPSA) is 13.1 Å². The van der Waals surface area contributed by atoms with Crippen LogP contribution in [0.4, 0.5) is 0 Å². The molecular weight excluding hydrogens is 556 g/mol. The summed E-state index contributed by atoms with van der Waals surface area (Å²) in [6, 6.07) is 21.9. The zero-order valence-corrected chi connectivity index (χ0v) is 24.3. The summed E-state index contributed by atoms with van der Waals surface area (Å²) in [5.74, 6) is 0. The molecule has 8 aromatic carbocycles. The molecule has 1 heteroatoms. The van der Waals surface area contributed by atoms with E-state index >= 15 is 0 Å². The van der Waals surface area contributed by atoms with E-state index < -0.39 is 85.0 Å². The van der Waals surface area contributed by atoms with Crippen molar-refractivity contribution < 1.29 is 22.2 Å². The molecular formula is C45H30O. The van der Waals surface area contributed by atoms with Crippen LogP contribution < -0.4 is 0 Å². The molecule has 0 spiro atoms. The van der Waals surface area contributed by atoms with E-state index in [1.807, 2.05) is 78.9 Å². The van der Waals surface area contributed by atoms with E-state index in [-0.39, 0.29) is 38.2 Å². The van der Waals surface area contributed by atoms with Crippen LogP contribution in [0, 0.1) is 0 Å². The first-order chi connectivity index (χ1) is 28.2. The summed E-state index contributed by atoms with van der Waals surface area (Å²) in [5.41, 5.74) is 5.49. The Hall–Kier alpha value is -5.92. The zero-order valence-electron chi connectivity index (χ0n) is 37.3. The summed E-state index contributed by atoms with van der Waals surface area (Å²) in [7, 11) is 0. The van der Waals surface area contributed by atoms with Gasteiger partial charge in [0.2, 0.25) is 0 Å². The van der Waals surface area contributed by atoms with Crippen molar-refractivity contribution in [3.05, 3.63) is 181 Å². The third kappa shape index (κ3) is 4.40. The van der Waals surface area contributed by atoms with Crippen LogP contribution in [0.2, 0.25) is 0 Å². The largest absolute Gasteiger partial charge is 0.456 e. The fourth-order valence-corrected chi connectivity index (χ4v) is 6.40. The highest BCUT2D eigenvalue weighted by Crippen LogP contribution is 2.42. The Balaban J connectivity index is 1.31. The van der Waals surface area contributed by atoms with Crippen molar-refractivity contribution in [2.75, 3.05) is 0 Å². The van der Waals surface area contributed by atoms with Gasteiger partial charge in [0.15, 0.2) is 0 Å². The summed E-state index contributed by atoms with van der Waals surface area (Å²) in [4.78, 5) is 0. The van der Waals surface area contributed by atoms with Gasteiger partial charge in [-0.25, -0.2) is 0 Å². The predicted octanol–water partition coefficient (Wildman–Crippen LogP) is 12.5. The maximum atomic E-state index is 9.21. The van der Waals surface area contributed by atoms with Crippen LogP contribution in [0.1, 0.15) is 28.9 Å². The van der Waals surface area contributed by atoms with Gasteiger partial charge in [0.1, 0.15) is 11.2 Å². The van der Waals surface area contributed by atoms with Gasteiger partial charge in [0.05, 0.1) is 17.8 Å². The highest BCUT2D eigenvalue weighted by atomic mass is 16.3. The number of furan rings is 1. The highest BCUT2D eigenvalue weighted by molar-refractivity contribution is 6.16. The molecule has 0 radical (unpaired) electrons. The number of fused-ring (bicyclic) bond motifs is 5. The Kier molecular flexibility index (Phi) is 3.89. The molecule has 0 saturated heterocycles. The minimum absolute atomic E-state index is 0.0122. The Labute approximate surface area is 286 Å². The quantitative estimate of drug-likeness (QED) is 0.179. The average Bonchev–Trinajstić information content (AvgIpc) is 3.64. The van der Waals surface area contributed by atoms with Gasteiger partial charge < -0.3 is 4.42 Å². The predicted molar refractivity (Wildman–Crippen MR) is 194 cm³/mol. The summed E-state index contributed by atoms with van der Waals surface area (Å²) in [5, 5.41) is 1.60. The Bertz CT molecular complexity index is 3160. The lowest BCUT2D eigenvalue weighted by atomic mass is 9.86. The molecule has 0 aliphatic rings. The van der Waals surface area contributed by atoms with Gasteiger partial charge >= 0.3 is 0 Å². The molecule has 0 amide bonds. The molecule has 0 saturated carbocycles. The monoisotopic (exact) mass is 599 g/mol. The number of hydrogen-bond acceptors (Lipinski definition) is 1. The second-order valence-corrected chi connectivity index (χ2v) is 11.1. The smallest absolute Gasteiger partial charge is 0.136 e. The van der Waals surface area contributed by atoms with Crippen LogP contribution in [-0.4, -0.2) is 0 Å². The van der Waals surface area contributed by atoms with Gasteiger partial charge in [-0.15, -0.1) is 0 Å². The first-order valence-electron chi connectivity index (χ1n) is 21.3. The van der Waals surface area contributed by atoms with Crippen molar-refractivity contribution in [3.8, 4) is 33.4 Å². The standard InChI is InChI=1S/C45H30O/c1-3-12-30(13-4-1)28-41-36-16-7-9-18-38(36)44(39-19-10-8-17-37(39)41)33-24-22-32(23-25-33)35-20-11-21-42-45(35)40-27-26-34(29-43(40)46-42)31-14-5-2-6-15-31/h1-27,29H,28H2/i1D,3D,4D,7D,8D,9D,10D,12D,13D,16D,17D,18D,19D. The van der Waals surface area contributed by atoms with Crippen molar-refractivity contribution in [2.45, 2.75) is 6.42 Å². The maximum Gasteiger partial charge on any atom is 0.136 e. The molecule has 0 aliphatic heterocycles. The molecule has 0 N–H and O–H groups in total. The van der Waals surface area contributed by atoms with Gasteiger partial charge in [0, 0.05) is 10.8 Å². The third-order valence-electron chi connectivity index (χ3n) is 8.47. The first-order valence-corrected chi connectivity index (χ1v) is 14.8. The first kappa shape index (κ1) is 16.4. The van der Waals surface area contributed by atoms with Crippen LogP contribution >= 0.6 is 0 Å². The van der Waals surface area contributed by atoms with Crippen molar-refractivity contribution >= 4 is 43.5 Å². The van der Waals surface area contributed by atoms with Crippen LogP contribution in [0.15, 0.2) is 174 Å². The molecule has 1 heterocycles. The lowest BCUT2D eigenvalue weighted by Gasteiger charge is -2.18. The van der Waals surface area contributed by atoms with E-state index in [0.717, 1.165) is 38.6 Å². The van der Waals surface area contributed by atoms with Crippen molar-refractivity contribution in [1.82, 2.24) is 0 Å². The summed E-state index contributed by atoms with van der Waals surface area (Å²) in [6.07, 6.45) is -0.484. The minimum Gasteiger partial charge on any atom is -0.456 e. The molecule has 1 aromatic heterocycles. The van der Waals surface area contributed by atoms with Gasteiger partial charge in [-0.2, -0.15) is 0 Å². The lowest BCUT2D eigenvalue weighted by Crippen LogP contribution is -1.95. The van der Waals surface area contributed by atoms with Crippen LogP contribution in [-0.2, 0) is 6.42 Å². The van der Waals surface area contributed by atoms with Gasteiger partial charge in [-0.05, 0) is 90.7 Å². The zero-order chi connectivity index (χ0) is 41.8. The van der Waals surface area contributed by atoms with Crippen molar-refractivity contribution in [3.63, 3.8) is 0 Å². The van der Waals surface area contributed by atoms with E-state index in [2.05, 4.69) is 0 Å². The fraction of sp³-hybridized carbons (Fsp3) is 0.0222. The normalized spacial score (nSPS) is 15.5. The second-order valence-electron chi connectivity index (χ2n) is 11.1. The van der Waals surface area contributed by atoms with Crippen molar-refractivity contribution in [1.29, 1.82) is 0 Å². The second kappa shape index (κ2) is 10.9. The molecule has 0 atom stereocenters.